The van der Waals surface area contributed by atoms with Gasteiger partial charge in [-0.05, 0) is 38.5 Å². The first-order valence-electron chi connectivity index (χ1n) is 6.10. The summed E-state index contributed by atoms with van der Waals surface area (Å²) in [6.45, 7) is 7.96. The second kappa shape index (κ2) is 3.71. The van der Waals surface area contributed by atoms with Crippen molar-refractivity contribution in [3.8, 4) is 0 Å². The lowest BCUT2D eigenvalue weighted by Gasteiger charge is -2.55. The van der Waals surface area contributed by atoms with Crippen LogP contribution in [0, 0.1) is 11.3 Å². The molecule has 2 aliphatic rings. The van der Waals surface area contributed by atoms with Crippen LogP contribution in [0.4, 0.5) is 0 Å². The number of rotatable bonds is 1. The third-order valence-corrected chi connectivity index (χ3v) is 4.75. The van der Waals surface area contributed by atoms with Crippen LogP contribution in [0.15, 0.2) is 24.3 Å². The van der Waals surface area contributed by atoms with Crippen LogP contribution >= 0.6 is 0 Å². The lowest BCUT2D eigenvalue weighted by molar-refractivity contribution is -0.174. The predicted molar refractivity (Wildman–Crippen MR) is 65.0 cm³/mol. The van der Waals surface area contributed by atoms with E-state index in [2.05, 4.69) is 12.7 Å². The highest BCUT2D eigenvalue weighted by Gasteiger charge is 2.55. The first-order valence-corrected chi connectivity index (χ1v) is 6.10. The Morgan fingerprint density at radius 1 is 1.38 bits per heavy atom. The van der Waals surface area contributed by atoms with Gasteiger partial charge in [0.1, 0.15) is 0 Å². The van der Waals surface area contributed by atoms with Gasteiger partial charge in [-0.3, -0.25) is 0 Å². The molecule has 16 heavy (non-hydrogen) atoms. The quantitative estimate of drug-likeness (QED) is 0.669. The zero-order valence-corrected chi connectivity index (χ0v) is 10.2. The molecule has 0 amide bonds. The summed E-state index contributed by atoms with van der Waals surface area (Å²) >= 11 is 0. The summed E-state index contributed by atoms with van der Waals surface area (Å²) in [5.74, 6) is 0.250. The van der Waals surface area contributed by atoms with Gasteiger partial charge < -0.3 is 10.2 Å². The number of allylic oxidation sites excluding steroid dienone is 2. The van der Waals surface area contributed by atoms with Crippen molar-refractivity contribution in [1.29, 1.82) is 0 Å². The fraction of sp³-hybridized carbons (Fsp3) is 0.714. The summed E-state index contributed by atoms with van der Waals surface area (Å²) in [6, 6.07) is 0. The molecule has 0 aromatic heterocycles. The summed E-state index contributed by atoms with van der Waals surface area (Å²) in [5, 5.41) is 21.1. The van der Waals surface area contributed by atoms with Crippen LogP contribution in [0.3, 0.4) is 0 Å². The number of hydrogen-bond donors (Lipinski definition) is 2. The van der Waals surface area contributed by atoms with Gasteiger partial charge in [-0.2, -0.15) is 0 Å². The molecule has 0 aromatic rings. The van der Waals surface area contributed by atoms with E-state index in [1.807, 2.05) is 19.9 Å². The Kier molecular flexibility index (Phi) is 2.75. The average Bonchev–Trinajstić information content (AvgIpc) is 2.20. The first-order chi connectivity index (χ1) is 7.39. The van der Waals surface area contributed by atoms with E-state index >= 15 is 0 Å². The van der Waals surface area contributed by atoms with E-state index in [9.17, 15) is 10.2 Å². The third-order valence-electron chi connectivity index (χ3n) is 4.75. The molecule has 1 saturated carbocycles. The molecule has 0 radical (unpaired) electrons. The highest BCUT2D eigenvalue weighted by Crippen LogP contribution is 2.53. The van der Waals surface area contributed by atoms with E-state index in [0.29, 0.717) is 6.42 Å². The number of aliphatic hydroxyl groups is 2. The van der Waals surface area contributed by atoms with Crippen LogP contribution in [0.1, 0.15) is 39.5 Å². The van der Waals surface area contributed by atoms with Crippen molar-refractivity contribution in [1.82, 2.24) is 0 Å². The Morgan fingerprint density at radius 3 is 2.62 bits per heavy atom. The van der Waals surface area contributed by atoms with Gasteiger partial charge in [-0.15, -0.1) is 0 Å². The summed E-state index contributed by atoms with van der Waals surface area (Å²) in [4.78, 5) is 0. The second-order valence-electron chi connectivity index (χ2n) is 5.83. The monoisotopic (exact) mass is 222 g/mol. The van der Waals surface area contributed by atoms with Crippen molar-refractivity contribution < 1.29 is 10.2 Å². The van der Waals surface area contributed by atoms with Crippen LogP contribution in [-0.2, 0) is 0 Å². The fourth-order valence-corrected chi connectivity index (χ4v) is 3.19. The van der Waals surface area contributed by atoms with Gasteiger partial charge in [0.05, 0.1) is 11.7 Å². The Balaban J connectivity index is 2.32. The van der Waals surface area contributed by atoms with E-state index in [0.717, 1.165) is 24.8 Å². The molecule has 0 aromatic carbocycles. The van der Waals surface area contributed by atoms with Crippen LogP contribution < -0.4 is 0 Å². The molecule has 2 rings (SSSR count). The molecule has 4 atom stereocenters. The molecule has 90 valence electrons. The summed E-state index contributed by atoms with van der Waals surface area (Å²) < 4.78 is 0. The Morgan fingerprint density at radius 2 is 2.00 bits per heavy atom. The maximum Gasteiger partial charge on any atom is 0.0768 e. The predicted octanol–water partition coefficient (Wildman–Crippen LogP) is 2.42. The molecule has 2 heteroatoms. The number of hydrogen-bond acceptors (Lipinski definition) is 2. The van der Waals surface area contributed by atoms with Gasteiger partial charge in [0.2, 0.25) is 0 Å². The van der Waals surface area contributed by atoms with E-state index in [-0.39, 0.29) is 11.3 Å². The average molecular weight is 222 g/mol. The zero-order chi connectivity index (χ0) is 12.0. The van der Waals surface area contributed by atoms with Gasteiger partial charge in [0, 0.05) is 5.41 Å². The molecule has 0 heterocycles. The minimum atomic E-state index is -0.761. The SMILES string of the molecule is C=C(C)[C@@H]1C[C@H](O)[C@]2(C)CC=CC[C@@]2(O)C1. The molecule has 1 fully saturated rings. The lowest BCUT2D eigenvalue weighted by atomic mass is 9.55. The molecule has 2 aliphatic carbocycles. The van der Waals surface area contributed by atoms with E-state index < -0.39 is 11.7 Å². The van der Waals surface area contributed by atoms with Crippen LogP contribution in [0.25, 0.3) is 0 Å². The minimum Gasteiger partial charge on any atom is -0.392 e. The second-order valence-corrected chi connectivity index (χ2v) is 5.83. The molecule has 0 spiro atoms. The summed E-state index contributed by atoms with van der Waals surface area (Å²) in [6.07, 6.45) is 6.59. The molecule has 0 saturated heterocycles. The van der Waals surface area contributed by atoms with Crippen molar-refractivity contribution in [2.24, 2.45) is 11.3 Å². The van der Waals surface area contributed by atoms with Gasteiger partial charge in [0.25, 0.3) is 0 Å². The van der Waals surface area contributed by atoms with Crippen molar-refractivity contribution in [3.05, 3.63) is 24.3 Å². The van der Waals surface area contributed by atoms with Gasteiger partial charge in [-0.1, -0.05) is 31.2 Å². The van der Waals surface area contributed by atoms with Crippen LogP contribution in [0.2, 0.25) is 0 Å². The standard InChI is InChI=1S/C14H22O2/c1-10(2)11-8-12(15)13(3)6-4-5-7-14(13,16)9-11/h4-5,11-12,15-16H,1,6-9H2,2-3H3/t11-,12+,13+,14-/m1/s1. The van der Waals surface area contributed by atoms with E-state index in [1.54, 1.807) is 0 Å². The molecule has 0 aliphatic heterocycles. The number of fused-ring (bicyclic) bond motifs is 1. The first kappa shape index (κ1) is 11.9. The van der Waals surface area contributed by atoms with Crippen LogP contribution in [0.5, 0.6) is 0 Å². The molecule has 0 unspecified atom stereocenters. The summed E-state index contributed by atoms with van der Waals surface area (Å²) in [5.41, 5.74) is -0.0689. The molecule has 2 N–H and O–H groups in total. The third kappa shape index (κ3) is 1.56. The molecule has 0 bridgehead atoms. The number of aliphatic hydroxyl groups excluding tert-OH is 1. The zero-order valence-electron chi connectivity index (χ0n) is 10.2. The largest absolute Gasteiger partial charge is 0.392 e. The van der Waals surface area contributed by atoms with E-state index in [4.69, 9.17) is 0 Å². The van der Waals surface area contributed by atoms with E-state index in [1.165, 1.54) is 0 Å². The topological polar surface area (TPSA) is 40.5 Å². The van der Waals surface area contributed by atoms with Crippen molar-refractivity contribution in [2.45, 2.75) is 51.2 Å². The maximum absolute atomic E-state index is 10.8. The highest BCUT2D eigenvalue weighted by molar-refractivity contribution is 5.17. The molecule has 2 nitrogen and oxygen atoms in total. The Bertz CT molecular complexity index is 334. The smallest absolute Gasteiger partial charge is 0.0768 e. The van der Waals surface area contributed by atoms with Crippen molar-refractivity contribution in [3.63, 3.8) is 0 Å². The Hall–Kier alpha value is -0.600. The highest BCUT2D eigenvalue weighted by atomic mass is 16.3. The lowest BCUT2D eigenvalue weighted by Crippen LogP contribution is -2.58. The van der Waals surface area contributed by atoms with Gasteiger partial charge >= 0.3 is 0 Å². The van der Waals surface area contributed by atoms with Gasteiger partial charge in [-0.25, -0.2) is 0 Å². The molecular formula is C14H22O2. The summed E-state index contributed by atoms with van der Waals surface area (Å²) in [7, 11) is 0. The molecular weight excluding hydrogens is 200 g/mol. The Labute approximate surface area is 97.7 Å². The van der Waals surface area contributed by atoms with Crippen molar-refractivity contribution in [2.75, 3.05) is 0 Å². The fourth-order valence-electron chi connectivity index (χ4n) is 3.19. The minimum absolute atomic E-state index is 0.250. The van der Waals surface area contributed by atoms with Crippen LogP contribution in [-0.4, -0.2) is 21.9 Å². The van der Waals surface area contributed by atoms with Crippen molar-refractivity contribution >= 4 is 0 Å². The van der Waals surface area contributed by atoms with Gasteiger partial charge in [0.15, 0.2) is 0 Å². The maximum atomic E-state index is 10.8. The normalized spacial score (nSPS) is 47.5.